The number of rotatable bonds is 16. The van der Waals surface area contributed by atoms with E-state index in [0.717, 1.165) is 41.9 Å². The second-order valence-corrected chi connectivity index (χ2v) is 10.7. The summed E-state index contributed by atoms with van der Waals surface area (Å²) in [5.41, 5.74) is 5.07. The van der Waals surface area contributed by atoms with E-state index in [1.807, 2.05) is 29.5 Å². The molecule has 0 saturated carbocycles. The van der Waals surface area contributed by atoms with E-state index in [1.54, 1.807) is 30.6 Å². The third-order valence-electron chi connectivity index (χ3n) is 7.25. The molecule has 0 spiro atoms. The SMILES string of the molecule is Cc1cnc2nc(C(=O)Nc3ccc(OCCOCCOCCNCc4ccc5cc(Cc6ccccc6)oc5c4)nc3)ccn12. The molecule has 11 nitrogen and oxygen atoms in total. The van der Waals surface area contributed by atoms with E-state index < -0.39 is 0 Å². The van der Waals surface area contributed by atoms with Crippen molar-refractivity contribution in [3.63, 3.8) is 0 Å². The third-order valence-corrected chi connectivity index (χ3v) is 7.25. The molecule has 0 bridgehead atoms. The van der Waals surface area contributed by atoms with Gasteiger partial charge in [0.1, 0.15) is 23.6 Å². The van der Waals surface area contributed by atoms with Crippen LogP contribution in [0.25, 0.3) is 16.7 Å². The number of hydrogen-bond acceptors (Lipinski definition) is 9. The molecule has 2 N–H and O–H groups in total. The van der Waals surface area contributed by atoms with Crippen LogP contribution in [0.2, 0.25) is 0 Å². The number of amides is 1. The van der Waals surface area contributed by atoms with E-state index >= 15 is 0 Å². The standard InChI is InChI=1S/C35H36N6O5/c1-25-22-38-35-40-31(11-13-41(25)35)34(42)39-29-9-10-33(37-24-29)45-18-17-44-16-15-43-14-12-36-23-27-7-8-28-21-30(46-32(28)20-27)19-26-5-3-2-4-6-26/h2-11,13,20-22,24,36H,12,14-19,23H2,1H3,(H,39,42). The number of anilines is 1. The maximum absolute atomic E-state index is 12.6. The van der Waals surface area contributed by atoms with Crippen LogP contribution in [-0.2, 0) is 22.4 Å². The predicted molar refractivity (Wildman–Crippen MR) is 174 cm³/mol. The molecule has 4 heterocycles. The molecule has 4 aromatic heterocycles. The Balaban J connectivity index is 0.803. The Morgan fingerprint density at radius 1 is 0.870 bits per heavy atom. The molecule has 6 rings (SSSR count). The Kier molecular flexibility index (Phi) is 10.3. The highest BCUT2D eigenvalue weighted by Gasteiger charge is 2.11. The Bertz CT molecular complexity index is 1870. The minimum Gasteiger partial charge on any atom is -0.475 e. The van der Waals surface area contributed by atoms with Crippen LogP contribution in [0.3, 0.4) is 0 Å². The molecule has 1 amide bonds. The topological polar surface area (TPSA) is 125 Å². The number of pyridine rings is 1. The van der Waals surface area contributed by atoms with Crippen LogP contribution in [0.1, 0.15) is 33.1 Å². The van der Waals surface area contributed by atoms with Crippen LogP contribution in [0.5, 0.6) is 5.88 Å². The fraction of sp³-hybridized carbons (Fsp3) is 0.257. The van der Waals surface area contributed by atoms with Crippen molar-refractivity contribution in [2.45, 2.75) is 19.9 Å². The predicted octanol–water partition coefficient (Wildman–Crippen LogP) is 5.22. The van der Waals surface area contributed by atoms with Gasteiger partial charge in [0.2, 0.25) is 11.7 Å². The van der Waals surface area contributed by atoms with E-state index in [1.165, 1.54) is 17.3 Å². The van der Waals surface area contributed by atoms with E-state index in [0.29, 0.717) is 50.4 Å². The van der Waals surface area contributed by atoms with E-state index in [9.17, 15) is 4.79 Å². The molecule has 0 aliphatic rings. The van der Waals surface area contributed by atoms with Gasteiger partial charge in [-0.2, -0.15) is 0 Å². The van der Waals surface area contributed by atoms with Crippen molar-refractivity contribution in [2.24, 2.45) is 0 Å². The summed E-state index contributed by atoms with van der Waals surface area (Å²) < 4.78 is 24.8. The van der Waals surface area contributed by atoms with Gasteiger partial charge in [-0.3, -0.25) is 9.20 Å². The smallest absolute Gasteiger partial charge is 0.274 e. The maximum Gasteiger partial charge on any atom is 0.274 e. The lowest BCUT2D eigenvalue weighted by atomic mass is 10.1. The van der Waals surface area contributed by atoms with Crippen molar-refractivity contribution in [1.82, 2.24) is 24.7 Å². The summed E-state index contributed by atoms with van der Waals surface area (Å²) in [6.07, 6.45) is 5.80. The Morgan fingerprint density at radius 2 is 1.72 bits per heavy atom. The summed E-state index contributed by atoms with van der Waals surface area (Å²) in [4.78, 5) is 25.3. The first-order valence-corrected chi connectivity index (χ1v) is 15.2. The first kappa shape index (κ1) is 30.9. The zero-order chi connectivity index (χ0) is 31.6. The number of aryl methyl sites for hydroxylation is 1. The van der Waals surface area contributed by atoms with Gasteiger partial charge in [-0.1, -0.05) is 42.5 Å². The third kappa shape index (κ3) is 8.33. The summed E-state index contributed by atoms with van der Waals surface area (Å²) >= 11 is 0. The van der Waals surface area contributed by atoms with Gasteiger partial charge in [0.15, 0.2) is 0 Å². The molecule has 0 atom stereocenters. The van der Waals surface area contributed by atoms with Crippen LogP contribution >= 0.6 is 0 Å². The molecule has 11 heteroatoms. The lowest BCUT2D eigenvalue weighted by Crippen LogP contribution is -2.20. The maximum atomic E-state index is 12.6. The number of carbonyl (C=O) groups is 1. The van der Waals surface area contributed by atoms with Gasteiger partial charge < -0.3 is 29.3 Å². The number of benzene rings is 2. The molecule has 236 valence electrons. The van der Waals surface area contributed by atoms with Crippen molar-refractivity contribution < 1.29 is 23.4 Å². The fourth-order valence-corrected chi connectivity index (χ4v) is 4.88. The molecular formula is C35H36N6O5. The highest BCUT2D eigenvalue weighted by molar-refractivity contribution is 6.02. The number of fused-ring (bicyclic) bond motifs is 2. The lowest BCUT2D eigenvalue weighted by molar-refractivity contribution is 0.0367. The van der Waals surface area contributed by atoms with Gasteiger partial charge in [0.25, 0.3) is 5.91 Å². The minimum absolute atomic E-state index is 0.271. The van der Waals surface area contributed by atoms with Crippen LogP contribution in [-0.4, -0.2) is 64.8 Å². The number of imidazole rings is 1. The molecule has 46 heavy (non-hydrogen) atoms. The van der Waals surface area contributed by atoms with Crippen LogP contribution in [0, 0.1) is 6.92 Å². The number of nitrogens with zero attached hydrogens (tertiary/aromatic N) is 4. The number of nitrogens with one attached hydrogen (secondary N) is 2. The molecule has 0 radical (unpaired) electrons. The van der Waals surface area contributed by atoms with Crippen molar-refractivity contribution in [3.05, 3.63) is 120 Å². The molecule has 0 unspecified atom stereocenters. The van der Waals surface area contributed by atoms with Gasteiger partial charge in [-0.05, 0) is 42.3 Å². The lowest BCUT2D eigenvalue weighted by Gasteiger charge is -2.09. The van der Waals surface area contributed by atoms with Crippen LogP contribution < -0.4 is 15.4 Å². The molecule has 0 aliphatic carbocycles. The van der Waals surface area contributed by atoms with Crippen LogP contribution in [0.4, 0.5) is 5.69 Å². The Hall–Kier alpha value is -5.10. The summed E-state index contributed by atoms with van der Waals surface area (Å²) in [5.74, 6) is 1.54. The largest absolute Gasteiger partial charge is 0.475 e. The zero-order valence-electron chi connectivity index (χ0n) is 25.6. The van der Waals surface area contributed by atoms with Crippen molar-refractivity contribution in [3.8, 4) is 5.88 Å². The highest BCUT2D eigenvalue weighted by Crippen LogP contribution is 2.23. The number of carbonyl (C=O) groups excluding carboxylic acids is 1. The van der Waals surface area contributed by atoms with E-state index in [2.05, 4.69) is 62.0 Å². The molecule has 0 saturated heterocycles. The molecule has 6 aromatic rings. The molecule has 2 aromatic carbocycles. The normalized spacial score (nSPS) is 11.3. The number of aromatic nitrogens is 4. The summed E-state index contributed by atoms with van der Waals surface area (Å²) in [7, 11) is 0. The molecule has 0 fully saturated rings. The van der Waals surface area contributed by atoms with Gasteiger partial charge in [0.05, 0.1) is 44.5 Å². The molecule has 0 aliphatic heterocycles. The van der Waals surface area contributed by atoms with Gasteiger partial charge in [-0.15, -0.1) is 0 Å². The number of ether oxygens (including phenoxy) is 3. The average molecular weight is 621 g/mol. The quantitative estimate of drug-likeness (QED) is 0.140. The highest BCUT2D eigenvalue weighted by atomic mass is 16.5. The van der Waals surface area contributed by atoms with Crippen molar-refractivity contribution in [1.29, 1.82) is 0 Å². The first-order chi connectivity index (χ1) is 22.6. The average Bonchev–Trinajstić information content (AvgIpc) is 3.66. The zero-order valence-corrected chi connectivity index (χ0v) is 25.6. The summed E-state index contributed by atoms with van der Waals surface area (Å²) in [6, 6.07) is 23.8. The van der Waals surface area contributed by atoms with Crippen molar-refractivity contribution in [2.75, 3.05) is 44.9 Å². The first-order valence-electron chi connectivity index (χ1n) is 15.2. The minimum atomic E-state index is -0.342. The van der Waals surface area contributed by atoms with E-state index in [4.69, 9.17) is 18.6 Å². The van der Waals surface area contributed by atoms with Crippen molar-refractivity contribution >= 4 is 28.3 Å². The van der Waals surface area contributed by atoms with Crippen LogP contribution in [0.15, 0.2) is 95.8 Å². The number of furan rings is 1. The monoisotopic (exact) mass is 620 g/mol. The van der Waals surface area contributed by atoms with Gasteiger partial charge in [-0.25, -0.2) is 15.0 Å². The molecular weight excluding hydrogens is 584 g/mol. The Morgan fingerprint density at radius 3 is 2.57 bits per heavy atom. The summed E-state index contributed by atoms with van der Waals surface area (Å²) in [6.45, 7) is 5.71. The van der Waals surface area contributed by atoms with Gasteiger partial charge in [0, 0.05) is 42.9 Å². The fourth-order valence-electron chi connectivity index (χ4n) is 4.88. The van der Waals surface area contributed by atoms with E-state index in [-0.39, 0.29) is 11.6 Å². The number of hydrogen-bond donors (Lipinski definition) is 2. The van der Waals surface area contributed by atoms with Gasteiger partial charge >= 0.3 is 0 Å². The second kappa shape index (κ2) is 15.3. The second-order valence-electron chi connectivity index (χ2n) is 10.7. The Labute approximate surface area is 266 Å². The summed E-state index contributed by atoms with van der Waals surface area (Å²) in [5, 5.41) is 7.31.